The van der Waals surface area contributed by atoms with Crippen molar-refractivity contribution in [2.24, 2.45) is 0 Å². The summed E-state index contributed by atoms with van der Waals surface area (Å²) in [4.78, 5) is 30.1. The summed E-state index contributed by atoms with van der Waals surface area (Å²) in [5.41, 5.74) is -0.0622. The number of carbonyl (C=O) groups is 2. The number of hydrogen-bond donors (Lipinski definition) is 1. The third-order valence-corrected chi connectivity index (χ3v) is 3.92. The first kappa shape index (κ1) is 23.2. The Labute approximate surface area is 166 Å². The number of likely N-dealkylation sites (tertiary alicyclic amines) is 1. The van der Waals surface area contributed by atoms with Crippen molar-refractivity contribution in [3.63, 3.8) is 0 Å². The normalized spacial score (nSPS) is 14.2. The molecule has 8 heteroatoms. The average Bonchev–Trinajstić information content (AvgIpc) is 2.68. The van der Waals surface area contributed by atoms with E-state index in [0.717, 1.165) is 0 Å². The molecule has 1 N–H and O–H groups in total. The number of piperidine rings is 1. The molecule has 0 aliphatic carbocycles. The highest BCUT2D eigenvalue weighted by Gasteiger charge is 2.28. The van der Waals surface area contributed by atoms with Gasteiger partial charge >= 0.3 is 6.09 Å². The maximum absolute atomic E-state index is 12.4. The monoisotopic (exact) mass is 390 g/mol. The molecule has 0 atom stereocenters. The van der Waals surface area contributed by atoms with E-state index in [1.165, 1.54) is 19.4 Å². The fraction of sp³-hybridized carbons (Fsp3) is 0.600. The summed E-state index contributed by atoms with van der Waals surface area (Å²) in [7, 11) is 1.43. The van der Waals surface area contributed by atoms with Crippen molar-refractivity contribution in [2.75, 3.05) is 20.2 Å². The number of nitrogens with zero attached hydrogens (tertiary/aromatic N) is 3. The lowest BCUT2D eigenvalue weighted by Crippen LogP contribution is -2.47. The second kappa shape index (κ2) is 10.5. The predicted octanol–water partition coefficient (Wildman–Crippen LogP) is 3.12. The van der Waals surface area contributed by atoms with E-state index in [9.17, 15) is 9.59 Å². The van der Waals surface area contributed by atoms with Gasteiger partial charge in [-0.25, -0.2) is 9.78 Å². The maximum atomic E-state index is 12.4. The second-order valence-electron chi connectivity index (χ2n) is 7.10. The molecular formula is C20H30N4O4. The highest BCUT2D eigenvalue weighted by atomic mass is 16.6. The molecule has 0 aromatic carbocycles. The Balaban J connectivity index is 0.00000190. The van der Waals surface area contributed by atoms with Crippen LogP contribution in [0.5, 0.6) is 5.75 Å². The fourth-order valence-electron chi connectivity index (χ4n) is 2.61. The summed E-state index contributed by atoms with van der Waals surface area (Å²) >= 11 is 0. The zero-order valence-electron chi connectivity index (χ0n) is 17.5. The van der Waals surface area contributed by atoms with Crippen molar-refractivity contribution in [3.8, 4) is 11.8 Å². The van der Waals surface area contributed by atoms with Crippen molar-refractivity contribution in [1.29, 1.82) is 5.26 Å². The highest BCUT2D eigenvalue weighted by Crippen LogP contribution is 2.18. The Kier molecular flexibility index (Phi) is 8.71. The van der Waals surface area contributed by atoms with Gasteiger partial charge in [-0.3, -0.25) is 4.79 Å². The first-order chi connectivity index (χ1) is 13.2. The number of ether oxygens (including phenoxy) is 2. The molecule has 0 unspecified atom stereocenters. The van der Waals surface area contributed by atoms with Crippen LogP contribution in [0.1, 0.15) is 63.5 Å². The van der Waals surface area contributed by atoms with E-state index in [2.05, 4.69) is 10.3 Å². The number of carbonyl (C=O) groups excluding carboxylic acids is 2. The molecule has 1 aromatic heterocycles. The van der Waals surface area contributed by atoms with E-state index in [0.29, 0.717) is 31.7 Å². The molecular weight excluding hydrogens is 360 g/mol. The molecule has 0 radical (unpaired) electrons. The van der Waals surface area contributed by atoms with Gasteiger partial charge in [0.15, 0.2) is 0 Å². The molecule has 1 aromatic rings. The number of hydrogen-bond acceptors (Lipinski definition) is 6. The summed E-state index contributed by atoms with van der Waals surface area (Å²) in [6.45, 7) is 10.5. The van der Waals surface area contributed by atoms with E-state index in [1.807, 2.05) is 40.7 Å². The molecule has 0 spiro atoms. The van der Waals surface area contributed by atoms with Crippen LogP contribution in [0.4, 0.5) is 4.79 Å². The van der Waals surface area contributed by atoms with Crippen LogP contribution in [0.3, 0.4) is 0 Å². The lowest BCUT2D eigenvalue weighted by Gasteiger charge is -2.33. The van der Waals surface area contributed by atoms with Crippen LogP contribution in [-0.4, -0.2) is 53.7 Å². The van der Waals surface area contributed by atoms with Gasteiger partial charge in [-0.2, -0.15) is 5.26 Å². The molecule has 2 amide bonds. The summed E-state index contributed by atoms with van der Waals surface area (Å²) in [6.07, 6.45) is 2.26. The first-order valence-electron chi connectivity index (χ1n) is 9.46. The molecule has 28 heavy (non-hydrogen) atoms. The lowest BCUT2D eigenvalue weighted by atomic mass is 10.1. The third kappa shape index (κ3) is 6.72. The predicted molar refractivity (Wildman–Crippen MR) is 105 cm³/mol. The number of pyridine rings is 1. The molecule has 8 nitrogen and oxygen atoms in total. The number of amides is 2. The van der Waals surface area contributed by atoms with Gasteiger partial charge in [0.1, 0.15) is 28.7 Å². The minimum absolute atomic E-state index is 0.0513. The molecule has 1 aliphatic rings. The number of aromatic nitrogens is 1. The van der Waals surface area contributed by atoms with E-state index >= 15 is 0 Å². The number of nitriles is 1. The van der Waals surface area contributed by atoms with Gasteiger partial charge in [-0.05, 0) is 33.6 Å². The van der Waals surface area contributed by atoms with Crippen LogP contribution in [-0.2, 0) is 4.74 Å². The molecule has 1 saturated heterocycles. The quantitative estimate of drug-likeness (QED) is 0.850. The largest absolute Gasteiger partial charge is 0.495 e. The topological polar surface area (TPSA) is 105 Å². The summed E-state index contributed by atoms with van der Waals surface area (Å²) < 4.78 is 10.5. The maximum Gasteiger partial charge on any atom is 0.410 e. The fourth-order valence-corrected chi connectivity index (χ4v) is 2.61. The van der Waals surface area contributed by atoms with E-state index in [4.69, 9.17) is 14.7 Å². The molecule has 1 aliphatic heterocycles. The summed E-state index contributed by atoms with van der Waals surface area (Å²) in [5, 5.41) is 11.9. The van der Waals surface area contributed by atoms with Crippen LogP contribution in [0, 0.1) is 11.3 Å². The Bertz CT molecular complexity index is 714. The number of rotatable bonds is 3. The molecule has 0 saturated carbocycles. The van der Waals surface area contributed by atoms with Gasteiger partial charge in [0, 0.05) is 31.4 Å². The molecule has 2 rings (SSSR count). The van der Waals surface area contributed by atoms with E-state index in [1.54, 1.807) is 4.90 Å². The van der Waals surface area contributed by atoms with Crippen molar-refractivity contribution in [1.82, 2.24) is 15.2 Å². The Hall–Kier alpha value is -2.82. The minimum atomic E-state index is -0.525. The summed E-state index contributed by atoms with van der Waals surface area (Å²) in [5.74, 6) is -0.0177. The number of nitrogens with one attached hydrogen (secondary N) is 1. The molecule has 0 bridgehead atoms. The van der Waals surface area contributed by atoms with Crippen LogP contribution in [0.15, 0.2) is 12.3 Å². The molecule has 154 valence electrons. The van der Waals surface area contributed by atoms with Crippen molar-refractivity contribution < 1.29 is 19.1 Å². The first-order valence-corrected chi connectivity index (χ1v) is 9.46. The van der Waals surface area contributed by atoms with Gasteiger partial charge in [0.25, 0.3) is 5.91 Å². The van der Waals surface area contributed by atoms with Crippen LogP contribution >= 0.6 is 0 Å². The standard InChI is InChI=1S/C18H24N4O4.C2H6/c1-18(2,3)26-17(24)22-7-5-13(6-8-22)21-16(23)14-9-15(25-4)12(10-19)11-20-14;1-2/h9,11,13H,5-8H2,1-4H3,(H,21,23);1-2H3. The number of methoxy groups -OCH3 is 1. The summed E-state index contributed by atoms with van der Waals surface area (Å²) in [6, 6.07) is 3.35. The SMILES string of the molecule is CC.COc1cc(C(=O)NC2CCN(C(=O)OC(C)(C)C)CC2)ncc1C#N. The zero-order valence-corrected chi connectivity index (χ0v) is 17.5. The van der Waals surface area contributed by atoms with Crippen molar-refractivity contribution >= 4 is 12.0 Å². The highest BCUT2D eigenvalue weighted by molar-refractivity contribution is 5.93. The van der Waals surface area contributed by atoms with Crippen LogP contribution < -0.4 is 10.1 Å². The molecule has 1 fully saturated rings. The van der Waals surface area contributed by atoms with Gasteiger partial charge in [-0.15, -0.1) is 0 Å². The van der Waals surface area contributed by atoms with E-state index < -0.39 is 5.60 Å². The zero-order chi connectivity index (χ0) is 21.3. The van der Waals surface area contributed by atoms with Crippen LogP contribution in [0.2, 0.25) is 0 Å². The van der Waals surface area contributed by atoms with Gasteiger partial charge < -0.3 is 19.7 Å². The average molecular weight is 390 g/mol. The van der Waals surface area contributed by atoms with Gasteiger partial charge in [0.05, 0.1) is 7.11 Å². The smallest absolute Gasteiger partial charge is 0.410 e. The van der Waals surface area contributed by atoms with Crippen LogP contribution in [0.25, 0.3) is 0 Å². The Morgan fingerprint density at radius 3 is 2.39 bits per heavy atom. The van der Waals surface area contributed by atoms with E-state index in [-0.39, 0.29) is 29.3 Å². The third-order valence-electron chi connectivity index (χ3n) is 3.92. The minimum Gasteiger partial charge on any atom is -0.495 e. The molecule has 2 heterocycles. The van der Waals surface area contributed by atoms with Gasteiger partial charge in [-0.1, -0.05) is 13.8 Å². The second-order valence-corrected chi connectivity index (χ2v) is 7.10. The Morgan fingerprint density at radius 1 is 1.29 bits per heavy atom. The lowest BCUT2D eigenvalue weighted by molar-refractivity contribution is 0.0199. The van der Waals surface area contributed by atoms with Crippen molar-refractivity contribution in [3.05, 3.63) is 23.5 Å². The van der Waals surface area contributed by atoms with Crippen molar-refractivity contribution in [2.45, 2.75) is 59.1 Å². The Morgan fingerprint density at radius 2 is 1.89 bits per heavy atom. The van der Waals surface area contributed by atoms with Gasteiger partial charge in [0.2, 0.25) is 0 Å².